The number of benzene rings is 4. The molecule has 4 unspecified atom stereocenters. The van der Waals surface area contributed by atoms with E-state index in [-0.39, 0.29) is 54.1 Å². The zero-order chi connectivity index (χ0) is 38.7. The summed E-state index contributed by atoms with van der Waals surface area (Å²) in [7, 11) is 0. The Morgan fingerprint density at radius 2 is 0.804 bits per heavy atom. The third-order valence-corrected chi connectivity index (χ3v) is 12.4. The monoisotopic (exact) mass is 742 g/mol. The molecule has 4 atom stereocenters. The molecule has 0 spiro atoms. The van der Waals surface area contributed by atoms with Crippen LogP contribution < -0.4 is 9.80 Å². The maximum absolute atomic E-state index is 13.8. The fraction of sp³-hybridized carbons (Fsp3) is 0.222. The molecule has 56 heavy (non-hydrogen) atoms. The molecule has 0 saturated carbocycles. The predicted molar refractivity (Wildman–Crippen MR) is 207 cm³/mol. The molecule has 2 aliphatic carbocycles. The zero-order valence-electron chi connectivity index (χ0n) is 30.5. The van der Waals surface area contributed by atoms with Crippen LogP contribution in [0.4, 0.5) is 11.4 Å². The maximum atomic E-state index is 13.8. The van der Waals surface area contributed by atoms with Gasteiger partial charge < -0.3 is 0 Å². The highest BCUT2D eigenvalue weighted by molar-refractivity contribution is 6.24. The highest BCUT2D eigenvalue weighted by Gasteiger charge is 2.53. The molecule has 2 aliphatic heterocycles. The quantitative estimate of drug-likeness (QED) is 0.161. The Morgan fingerprint density at radius 3 is 1.16 bits per heavy atom. The number of amides is 4. The first-order valence-corrected chi connectivity index (χ1v) is 18.8. The Balaban J connectivity index is 0.860. The van der Waals surface area contributed by atoms with Gasteiger partial charge in [-0.2, -0.15) is 0 Å². The lowest BCUT2D eigenvalue weighted by Gasteiger charge is -2.23. The van der Waals surface area contributed by atoms with Crippen LogP contribution in [0.1, 0.15) is 61.9 Å². The molecule has 0 radical (unpaired) electrons. The van der Waals surface area contributed by atoms with Crippen LogP contribution in [-0.2, 0) is 44.9 Å². The number of carbonyl (C=O) groups is 7. The molecular weight excluding hydrogens is 709 g/mol. The van der Waals surface area contributed by atoms with Crippen molar-refractivity contribution < 1.29 is 33.6 Å². The average molecular weight is 743 g/mol. The second kappa shape index (κ2) is 12.1. The lowest BCUT2D eigenvalue weighted by Crippen LogP contribution is -2.31. The van der Waals surface area contributed by atoms with Crippen LogP contribution in [0.15, 0.2) is 97.1 Å². The van der Waals surface area contributed by atoms with E-state index in [1.54, 1.807) is 57.7 Å². The Kier molecular flexibility index (Phi) is 7.32. The van der Waals surface area contributed by atoms with Gasteiger partial charge in [-0.05, 0) is 84.6 Å². The predicted octanol–water partition coefficient (Wildman–Crippen LogP) is 5.96. The summed E-state index contributed by atoms with van der Waals surface area (Å²) in [5, 5.41) is 1.83. The topological polar surface area (TPSA) is 136 Å². The number of rotatable bonds is 4. The summed E-state index contributed by atoms with van der Waals surface area (Å²) < 4.78 is 3.32. The molecule has 4 aromatic carbocycles. The van der Waals surface area contributed by atoms with Gasteiger partial charge in [0.1, 0.15) is 0 Å². The highest BCUT2D eigenvalue weighted by atomic mass is 16.2. The van der Waals surface area contributed by atoms with Crippen LogP contribution in [-0.4, -0.2) is 50.4 Å². The minimum Gasteiger partial charge on any atom is -0.289 e. The summed E-state index contributed by atoms with van der Waals surface area (Å²) in [6.07, 6.45) is 1.28. The number of fused-ring (bicyclic) bond motifs is 8. The maximum Gasteiger partial charge on any atom is 0.238 e. The van der Waals surface area contributed by atoms with Crippen LogP contribution in [0.5, 0.6) is 0 Å². The number of nitrogens with zero attached hydrogens (tertiary/aromatic N) is 4. The lowest BCUT2D eigenvalue weighted by atomic mass is 9.79. The molecule has 276 valence electrons. The van der Waals surface area contributed by atoms with Crippen molar-refractivity contribution in [3.63, 3.8) is 0 Å². The molecule has 0 bridgehead atoms. The third kappa shape index (κ3) is 4.66. The Bertz CT molecular complexity index is 2600. The number of hydrogen-bond acceptors (Lipinski definition) is 7. The van der Waals surface area contributed by atoms with Crippen molar-refractivity contribution in [3.05, 3.63) is 131 Å². The second-order valence-electron chi connectivity index (χ2n) is 15.3. The van der Waals surface area contributed by atoms with Crippen molar-refractivity contribution in [2.75, 3.05) is 9.80 Å². The number of hydrogen-bond donors (Lipinski definition) is 0. The van der Waals surface area contributed by atoms with Gasteiger partial charge in [0, 0.05) is 60.0 Å². The first-order chi connectivity index (χ1) is 27.0. The van der Waals surface area contributed by atoms with Gasteiger partial charge in [0.2, 0.25) is 35.4 Å². The van der Waals surface area contributed by atoms with Gasteiger partial charge in [0.15, 0.2) is 5.78 Å². The molecule has 4 heterocycles. The first-order valence-electron chi connectivity index (χ1n) is 18.8. The summed E-state index contributed by atoms with van der Waals surface area (Å²) in [6.45, 7) is 3.00. The van der Waals surface area contributed by atoms with Gasteiger partial charge in [-0.25, -0.2) is 0 Å². The summed E-state index contributed by atoms with van der Waals surface area (Å²) in [6, 6.07) is 27.9. The Morgan fingerprint density at radius 1 is 0.464 bits per heavy atom. The van der Waals surface area contributed by atoms with E-state index in [2.05, 4.69) is 0 Å². The molecule has 6 aromatic rings. The van der Waals surface area contributed by atoms with E-state index in [0.717, 1.165) is 44.3 Å². The molecule has 2 fully saturated rings. The molecule has 0 N–H and O–H groups in total. The SMILES string of the molecule is CC(=O)n1c2c(c3ccccc31)CC1C(=O)N(c3ccc(C(=O)c4ccc(N5C(=O)C6Cc7c(n(C(C)=O)c8ccccc78)CC6C5=O)cc4)cc3)C(=O)C1C2. The number of ketones is 1. The van der Waals surface area contributed by atoms with E-state index in [0.29, 0.717) is 35.3 Å². The summed E-state index contributed by atoms with van der Waals surface area (Å²) in [4.78, 5) is 96.5. The standard InChI is InChI=1S/C45H34N4O7/c1-23(50)46-37-9-5-3-7-29(37)31-19-33-35(21-39(31)46)44(55)48(42(33)53)27-15-11-25(12-16-27)41(52)26-13-17-28(18-14-26)49-43(54)34-20-32-30-8-4-6-10-38(30)47(24(2)51)40(32)22-36(34)45(49)56/h3-18,33-36H,19-22H2,1-2H3. The number of carbonyl (C=O) groups excluding carboxylic acids is 7. The van der Waals surface area contributed by atoms with Crippen LogP contribution >= 0.6 is 0 Å². The molecular formula is C45H34N4O7. The van der Waals surface area contributed by atoms with Crippen molar-refractivity contribution in [1.29, 1.82) is 0 Å². The molecule has 4 amide bonds. The molecule has 11 heteroatoms. The van der Waals surface area contributed by atoms with Crippen molar-refractivity contribution in [3.8, 4) is 0 Å². The van der Waals surface area contributed by atoms with Gasteiger partial charge in [0.25, 0.3) is 0 Å². The molecule has 4 aliphatic rings. The van der Waals surface area contributed by atoms with Crippen LogP contribution in [0.2, 0.25) is 0 Å². The minimum absolute atomic E-state index is 0.143. The van der Waals surface area contributed by atoms with E-state index in [1.807, 2.05) is 48.5 Å². The smallest absolute Gasteiger partial charge is 0.238 e. The van der Waals surface area contributed by atoms with Crippen molar-refractivity contribution >= 4 is 74.4 Å². The highest BCUT2D eigenvalue weighted by Crippen LogP contribution is 2.45. The number of aromatic nitrogens is 2. The fourth-order valence-corrected chi connectivity index (χ4v) is 9.87. The van der Waals surface area contributed by atoms with Crippen LogP contribution in [0, 0.1) is 23.7 Å². The molecule has 11 nitrogen and oxygen atoms in total. The van der Waals surface area contributed by atoms with Gasteiger partial charge in [0.05, 0.1) is 46.1 Å². The fourth-order valence-electron chi connectivity index (χ4n) is 9.87. The molecule has 2 aromatic heterocycles. The lowest BCUT2D eigenvalue weighted by molar-refractivity contribution is -0.124. The van der Waals surface area contributed by atoms with Gasteiger partial charge in [-0.1, -0.05) is 36.4 Å². The largest absolute Gasteiger partial charge is 0.289 e. The average Bonchev–Trinajstić information content (AvgIpc) is 3.87. The van der Waals surface area contributed by atoms with Gasteiger partial charge >= 0.3 is 0 Å². The third-order valence-electron chi connectivity index (χ3n) is 12.4. The minimum atomic E-state index is -0.598. The van der Waals surface area contributed by atoms with E-state index in [4.69, 9.17) is 0 Å². The first kappa shape index (κ1) is 33.8. The van der Waals surface area contributed by atoms with Crippen LogP contribution in [0.3, 0.4) is 0 Å². The zero-order valence-corrected chi connectivity index (χ0v) is 30.5. The Hall–Kier alpha value is -6.75. The van der Waals surface area contributed by atoms with Gasteiger partial charge in [-0.3, -0.25) is 52.5 Å². The van der Waals surface area contributed by atoms with E-state index in [1.165, 1.54) is 23.6 Å². The van der Waals surface area contributed by atoms with Crippen molar-refractivity contribution in [2.45, 2.75) is 39.5 Å². The number of imide groups is 2. The van der Waals surface area contributed by atoms with Gasteiger partial charge in [-0.15, -0.1) is 0 Å². The molecule has 2 saturated heterocycles. The number of para-hydroxylation sites is 2. The summed E-state index contributed by atoms with van der Waals surface area (Å²) in [5.41, 5.74) is 6.38. The normalized spacial score (nSPS) is 21.4. The second-order valence-corrected chi connectivity index (χ2v) is 15.3. The van der Waals surface area contributed by atoms with E-state index >= 15 is 0 Å². The number of anilines is 2. The Labute approximate surface area is 320 Å². The van der Waals surface area contributed by atoms with Crippen molar-refractivity contribution in [1.82, 2.24) is 9.13 Å². The van der Waals surface area contributed by atoms with Crippen LogP contribution in [0.25, 0.3) is 21.8 Å². The summed E-state index contributed by atoms with van der Waals surface area (Å²) >= 11 is 0. The van der Waals surface area contributed by atoms with E-state index in [9.17, 15) is 33.6 Å². The summed E-state index contributed by atoms with van der Waals surface area (Å²) in [5.74, 6) is -4.15. The van der Waals surface area contributed by atoms with E-state index < -0.39 is 23.7 Å². The van der Waals surface area contributed by atoms with Crippen molar-refractivity contribution in [2.24, 2.45) is 23.7 Å². The molecule has 10 rings (SSSR count).